The Kier molecular flexibility index (Phi) is 4.23. The summed E-state index contributed by atoms with van der Waals surface area (Å²) in [4.78, 5) is 5.13. The quantitative estimate of drug-likeness (QED) is 0.236. The van der Waals surface area contributed by atoms with Crippen LogP contribution in [0.2, 0.25) is 0 Å². The van der Waals surface area contributed by atoms with Crippen LogP contribution in [0.3, 0.4) is 0 Å². The van der Waals surface area contributed by atoms with Gasteiger partial charge in [0.15, 0.2) is 0 Å². The molecule has 0 fully saturated rings. The molecule has 0 N–H and O–H groups in total. The zero-order valence-corrected chi connectivity index (χ0v) is 20.0. The van der Waals surface area contributed by atoms with E-state index >= 15 is 0 Å². The maximum atomic E-state index is 5.13. The Morgan fingerprint density at radius 1 is 0.486 bits per heavy atom. The predicted molar refractivity (Wildman–Crippen MR) is 154 cm³/mol. The van der Waals surface area contributed by atoms with Crippen molar-refractivity contribution in [3.63, 3.8) is 0 Å². The molecule has 3 aromatic heterocycles. The van der Waals surface area contributed by atoms with Crippen molar-refractivity contribution in [2.75, 3.05) is 0 Å². The summed E-state index contributed by atoms with van der Waals surface area (Å²) in [6, 6.07) is 45.0. The lowest BCUT2D eigenvalue weighted by Crippen LogP contribution is -1.95. The van der Waals surface area contributed by atoms with Crippen LogP contribution in [-0.2, 0) is 0 Å². The van der Waals surface area contributed by atoms with E-state index in [-0.39, 0.29) is 0 Å². The Bertz CT molecular complexity index is 2150. The minimum absolute atomic E-state index is 0.909. The monoisotopic (exact) mass is 471 g/mol. The molecule has 0 atom stereocenters. The fourth-order valence-corrected chi connectivity index (χ4v) is 5.61. The molecule has 3 heteroatoms. The molecule has 0 saturated heterocycles. The first-order valence-corrected chi connectivity index (χ1v) is 12.5. The second-order valence-corrected chi connectivity index (χ2v) is 9.52. The van der Waals surface area contributed by atoms with Gasteiger partial charge in [-0.25, -0.2) is 9.50 Å². The molecule has 8 rings (SSSR count). The van der Waals surface area contributed by atoms with Crippen molar-refractivity contribution in [2.24, 2.45) is 0 Å². The highest BCUT2D eigenvalue weighted by atomic mass is 15.2. The molecule has 37 heavy (non-hydrogen) atoms. The summed E-state index contributed by atoms with van der Waals surface area (Å²) in [6.07, 6.45) is 0. The average molecular weight is 472 g/mol. The van der Waals surface area contributed by atoms with Gasteiger partial charge >= 0.3 is 0 Å². The van der Waals surface area contributed by atoms with Gasteiger partial charge < -0.3 is 0 Å². The molecule has 0 unspecified atom stereocenters. The number of hydrogen-bond acceptors (Lipinski definition) is 2. The molecule has 0 aliphatic heterocycles. The Morgan fingerprint density at radius 3 is 2.16 bits per heavy atom. The minimum Gasteiger partial charge on any atom is -0.246 e. The molecule has 0 aliphatic rings. The zero-order valence-electron chi connectivity index (χ0n) is 20.0. The van der Waals surface area contributed by atoms with Crippen molar-refractivity contribution in [3.05, 3.63) is 127 Å². The molecule has 0 amide bonds. The van der Waals surface area contributed by atoms with Gasteiger partial charge in [0, 0.05) is 10.8 Å². The topological polar surface area (TPSA) is 30.2 Å². The van der Waals surface area contributed by atoms with Gasteiger partial charge in [-0.05, 0) is 69.1 Å². The van der Waals surface area contributed by atoms with Crippen molar-refractivity contribution in [1.29, 1.82) is 0 Å². The van der Waals surface area contributed by atoms with E-state index in [1.807, 2.05) is 10.6 Å². The van der Waals surface area contributed by atoms with Gasteiger partial charge in [0.25, 0.3) is 0 Å². The highest BCUT2D eigenvalue weighted by Gasteiger charge is 2.12. The van der Waals surface area contributed by atoms with E-state index in [1.165, 1.54) is 32.7 Å². The van der Waals surface area contributed by atoms with E-state index in [1.54, 1.807) is 0 Å². The third kappa shape index (κ3) is 3.08. The van der Waals surface area contributed by atoms with Gasteiger partial charge in [-0.15, -0.1) is 0 Å². The van der Waals surface area contributed by atoms with Crippen LogP contribution in [0.5, 0.6) is 0 Å². The standard InChI is InChI=1S/C34H21N3/c1-2-9-25-23(8-1)20-29(27-11-4-3-10-26(25)27)24-17-16-22-18-19-31(35-32(22)21-24)34-15-7-14-33-28-12-5-6-13-30(28)36-37(33)34/h1-21H. The Morgan fingerprint density at radius 2 is 1.24 bits per heavy atom. The van der Waals surface area contributed by atoms with Crippen LogP contribution in [0, 0.1) is 0 Å². The lowest BCUT2D eigenvalue weighted by atomic mass is 9.93. The Hall–Kier alpha value is -5.02. The normalized spacial score (nSPS) is 11.8. The maximum absolute atomic E-state index is 5.13. The zero-order chi connectivity index (χ0) is 24.3. The fraction of sp³-hybridized carbons (Fsp3) is 0. The number of pyridine rings is 2. The van der Waals surface area contributed by atoms with E-state index < -0.39 is 0 Å². The van der Waals surface area contributed by atoms with Crippen LogP contribution in [0.4, 0.5) is 0 Å². The molecule has 3 nitrogen and oxygen atoms in total. The number of fused-ring (bicyclic) bond motifs is 7. The van der Waals surface area contributed by atoms with Gasteiger partial charge in [0.1, 0.15) is 0 Å². The molecular formula is C34H21N3. The SMILES string of the molecule is c1ccc2c(c1)cc(-c1ccc3ccc(-c4cccc5c6ccccc6nn45)nc3c1)c1ccccc12. The molecule has 0 saturated carbocycles. The van der Waals surface area contributed by atoms with Gasteiger partial charge in [0.05, 0.1) is 27.9 Å². The van der Waals surface area contributed by atoms with Crippen LogP contribution in [0.15, 0.2) is 127 Å². The smallest absolute Gasteiger partial charge is 0.0934 e. The van der Waals surface area contributed by atoms with E-state index in [4.69, 9.17) is 10.1 Å². The van der Waals surface area contributed by atoms with Crippen LogP contribution < -0.4 is 0 Å². The van der Waals surface area contributed by atoms with E-state index in [0.29, 0.717) is 0 Å². The number of rotatable bonds is 2. The van der Waals surface area contributed by atoms with Gasteiger partial charge in [-0.1, -0.05) is 91.0 Å². The third-order valence-electron chi connectivity index (χ3n) is 7.39. The van der Waals surface area contributed by atoms with Crippen molar-refractivity contribution in [3.8, 4) is 22.5 Å². The molecule has 5 aromatic carbocycles. The van der Waals surface area contributed by atoms with E-state index in [9.17, 15) is 0 Å². The minimum atomic E-state index is 0.909. The number of aromatic nitrogens is 3. The lowest BCUT2D eigenvalue weighted by molar-refractivity contribution is 0.984. The second-order valence-electron chi connectivity index (χ2n) is 9.52. The summed E-state index contributed by atoms with van der Waals surface area (Å²) in [5, 5.41) is 12.2. The van der Waals surface area contributed by atoms with Gasteiger partial charge in [-0.3, -0.25) is 0 Å². The van der Waals surface area contributed by atoms with Gasteiger partial charge in [0.2, 0.25) is 0 Å². The highest BCUT2D eigenvalue weighted by molar-refractivity contribution is 6.14. The number of benzene rings is 5. The Balaban J connectivity index is 1.34. The number of nitrogens with zero attached hydrogens (tertiary/aromatic N) is 3. The fourth-order valence-electron chi connectivity index (χ4n) is 5.61. The first-order valence-electron chi connectivity index (χ1n) is 12.5. The summed E-state index contributed by atoms with van der Waals surface area (Å²) >= 11 is 0. The van der Waals surface area contributed by atoms with Crippen LogP contribution in [0.25, 0.3) is 71.4 Å². The first-order chi connectivity index (χ1) is 18.3. The summed E-state index contributed by atoms with van der Waals surface area (Å²) in [5.74, 6) is 0. The third-order valence-corrected chi connectivity index (χ3v) is 7.39. The van der Waals surface area contributed by atoms with Crippen molar-refractivity contribution in [2.45, 2.75) is 0 Å². The Labute approximate surface area is 213 Å². The molecule has 172 valence electrons. The molecule has 0 radical (unpaired) electrons. The first kappa shape index (κ1) is 20.2. The summed E-state index contributed by atoms with van der Waals surface area (Å²) in [5.41, 5.74) is 7.34. The molecule has 0 spiro atoms. The van der Waals surface area contributed by atoms with Crippen molar-refractivity contribution < 1.29 is 0 Å². The second kappa shape index (κ2) is 7.74. The molecule has 0 aliphatic carbocycles. The largest absolute Gasteiger partial charge is 0.246 e. The van der Waals surface area contributed by atoms with E-state index in [0.717, 1.165) is 38.7 Å². The highest BCUT2D eigenvalue weighted by Crippen LogP contribution is 2.36. The van der Waals surface area contributed by atoms with Gasteiger partial charge in [-0.2, -0.15) is 5.10 Å². The van der Waals surface area contributed by atoms with Crippen LogP contribution >= 0.6 is 0 Å². The lowest BCUT2D eigenvalue weighted by Gasteiger charge is -2.12. The molecule has 3 heterocycles. The number of hydrogen-bond donors (Lipinski definition) is 0. The average Bonchev–Trinajstić information content (AvgIpc) is 3.35. The maximum Gasteiger partial charge on any atom is 0.0934 e. The van der Waals surface area contributed by atoms with Crippen molar-refractivity contribution >= 4 is 48.9 Å². The van der Waals surface area contributed by atoms with Crippen LogP contribution in [0.1, 0.15) is 0 Å². The van der Waals surface area contributed by atoms with E-state index in [2.05, 4.69) is 121 Å². The molecule has 0 bridgehead atoms. The molecule has 8 aromatic rings. The van der Waals surface area contributed by atoms with Crippen LogP contribution in [-0.4, -0.2) is 14.6 Å². The predicted octanol–water partition coefficient (Wildman–Crippen LogP) is 8.68. The summed E-state index contributed by atoms with van der Waals surface area (Å²) in [6.45, 7) is 0. The summed E-state index contributed by atoms with van der Waals surface area (Å²) in [7, 11) is 0. The van der Waals surface area contributed by atoms with Crippen molar-refractivity contribution in [1.82, 2.24) is 14.6 Å². The molecular weight excluding hydrogens is 450 g/mol. The summed E-state index contributed by atoms with van der Waals surface area (Å²) < 4.78 is 2.01.